The third-order valence-corrected chi connectivity index (χ3v) is 3.91. The van der Waals surface area contributed by atoms with Crippen LogP contribution in [0.2, 0.25) is 0 Å². The molecule has 96 valence electrons. The molecule has 0 amide bonds. The zero-order valence-electron chi connectivity index (χ0n) is 9.97. The van der Waals surface area contributed by atoms with Crippen molar-refractivity contribution in [3.63, 3.8) is 0 Å². The first-order valence-electron chi connectivity index (χ1n) is 5.00. The zero-order valence-corrected chi connectivity index (χ0v) is 10.8. The topological polar surface area (TPSA) is 90.5 Å². The van der Waals surface area contributed by atoms with Gasteiger partial charge in [-0.3, -0.25) is 4.79 Å². The van der Waals surface area contributed by atoms with Crippen LogP contribution in [0.1, 0.15) is 13.8 Å². The van der Waals surface area contributed by atoms with Gasteiger partial charge >= 0.3 is 0 Å². The fourth-order valence-corrected chi connectivity index (χ4v) is 2.76. The van der Waals surface area contributed by atoms with Gasteiger partial charge in [-0.2, -0.15) is 4.31 Å². The van der Waals surface area contributed by atoms with Crippen molar-refractivity contribution in [2.24, 2.45) is 0 Å². The Labute approximate surface area is 100.0 Å². The molecule has 0 radical (unpaired) electrons. The minimum Gasteiger partial charge on any atom is -0.389 e. The Hall–Kier alpha value is -1.18. The van der Waals surface area contributed by atoms with E-state index in [0.29, 0.717) is 0 Å². The maximum atomic E-state index is 12.0. The van der Waals surface area contributed by atoms with Crippen molar-refractivity contribution < 1.29 is 13.5 Å². The number of hydrogen-bond donors (Lipinski definition) is 2. The predicted octanol–water partition coefficient (Wildman–Crippen LogP) is -0.234. The lowest BCUT2D eigenvalue weighted by Crippen LogP contribution is -2.40. The lowest BCUT2D eigenvalue weighted by Gasteiger charge is -2.24. The van der Waals surface area contributed by atoms with E-state index in [1.54, 1.807) is 0 Å². The number of aromatic amines is 1. The SMILES string of the molecule is CN(CC(C)(C)O)S(=O)(=O)c1c[nH]ccc1=O. The third kappa shape index (κ3) is 3.39. The van der Waals surface area contributed by atoms with Gasteiger partial charge in [0.25, 0.3) is 0 Å². The molecule has 0 atom stereocenters. The molecule has 17 heavy (non-hydrogen) atoms. The fraction of sp³-hybridized carbons (Fsp3) is 0.500. The summed E-state index contributed by atoms with van der Waals surface area (Å²) in [4.78, 5) is 13.7. The van der Waals surface area contributed by atoms with Crippen molar-refractivity contribution in [3.05, 3.63) is 28.7 Å². The Morgan fingerprint density at radius 2 is 2.06 bits per heavy atom. The van der Waals surface area contributed by atoms with Crippen LogP contribution in [-0.2, 0) is 10.0 Å². The number of aliphatic hydroxyl groups is 1. The van der Waals surface area contributed by atoms with Crippen LogP contribution in [0, 0.1) is 0 Å². The van der Waals surface area contributed by atoms with Crippen LogP contribution in [0.5, 0.6) is 0 Å². The number of nitrogens with one attached hydrogen (secondary N) is 1. The van der Waals surface area contributed by atoms with E-state index < -0.39 is 21.1 Å². The Balaban J connectivity index is 3.13. The minimum atomic E-state index is -3.87. The van der Waals surface area contributed by atoms with Gasteiger partial charge < -0.3 is 10.1 Å². The van der Waals surface area contributed by atoms with Gasteiger partial charge in [0.15, 0.2) is 0 Å². The summed E-state index contributed by atoms with van der Waals surface area (Å²) in [5, 5.41) is 9.58. The quantitative estimate of drug-likeness (QED) is 0.782. The maximum absolute atomic E-state index is 12.0. The number of hydrogen-bond acceptors (Lipinski definition) is 4. The van der Waals surface area contributed by atoms with Gasteiger partial charge in [0, 0.05) is 32.1 Å². The summed E-state index contributed by atoms with van der Waals surface area (Å²) in [7, 11) is -2.55. The van der Waals surface area contributed by atoms with Crippen LogP contribution in [0.3, 0.4) is 0 Å². The Morgan fingerprint density at radius 3 is 2.53 bits per heavy atom. The smallest absolute Gasteiger partial charge is 0.248 e. The summed E-state index contributed by atoms with van der Waals surface area (Å²) in [5.74, 6) is 0. The number of H-pyrrole nitrogens is 1. The average molecular weight is 260 g/mol. The summed E-state index contributed by atoms with van der Waals surface area (Å²) >= 11 is 0. The van der Waals surface area contributed by atoms with Crippen molar-refractivity contribution in [2.75, 3.05) is 13.6 Å². The third-order valence-electron chi connectivity index (χ3n) is 2.09. The van der Waals surface area contributed by atoms with E-state index in [2.05, 4.69) is 4.98 Å². The van der Waals surface area contributed by atoms with Crippen molar-refractivity contribution in [1.82, 2.24) is 9.29 Å². The van der Waals surface area contributed by atoms with Crippen molar-refractivity contribution >= 4 is 10.0 Å². The minimum absolute atomic E-state index is 0.0936. The molecule has 1 heterocycles. The molecule has 0 bridgehead atoms. The first-order chi connectivity index (χ1) is 7.64. The van der Waals surface area contributed by atoms with Crippen LogP contribution in [-0.4, -0.2) is 42.0 Å². The highest BCUT2D eigenvalue weighted by Crippen LogP contribution is 2.12. The number of rotatable bonds is 4. The molecule has 0 fully saturated rings. The number of aromatic nitrogens is 1. The number of pyridine rings is 1. The molecule has 2 N–H and O–H groups in total. The summed E-state index contributed by atoms with van der Waals surface area (Å²) in [6.07, 6.45) is 2.50. The number of nitrogens with zero attached hydrogens (tertiary/aromatic N) is 1. The standard InChI is InChI=1S/C10H16N2O4S/c1-10(2,14)7-12(3)17(15,16)9-6-11-5-4-8(9)13/h4-6,14H,7H2,1-3H3,(H,11,13). The molecule has 0 saturated carbocycles. The van der Waals surface area contributed by atoms with E-state index >= 15 is 0 Å². The largest absolute Gasteiger partial charge is 0.389 e. The molecule has 0 unspecified atom stereocenters. The highest BCUT2D eigenvalue weighted by atomic mass is 32.2. The second kappa shape index (κ2) is 4.59. The zero-order chi connectivity index (χ0) is 13.3. The summed E-state index contributed by atoms with van der Waals surface area (Å²) < 4.78 is 25.0. The molecule has 6 nitrogen and oxygen atoms in total. The molecular formula is C10H16N2O4S. The maximum Gasteiger partial charge on any atom is 0.248 e. The molecule has 0 aliphatic rings. The highest BCUT2D eigenvalue weighted by molar-refractivity contribution is 7.89. The molecule has 0 aromatic carbocycles. The second-order valence-corrected chi connectivity index (χ2v) is 6.46. The highest BCUT2D eigenvalue weighted by Gasteiger charge is 2.27. The molecule has 0 aliphatic heterocycles. The van der Waals surface area contributed by atoms with E-state index in [1.165, 1.54) is 27.1 Å². The molecule has 0 saturated heterocycles. The Kier molecular flexibility index (Phi) is 3.75. The van der Waals surface area contributed by atoms with Crippen LogP contribution >= 0.6 is 0 Å². The Bertz CT molecular complexity index is 542. The molecule has 1 aromatic heterocycles. The summed E-state index contributed by atoms with van der Waals surface area (Å²) in [6, 6.07) is 1.14. The monoisotopic (exact) mass is 260 g/mol. The molecule has 1 rings (SSSR count). The lowest BCUT2D eigenvalue weighted by molar-refractivity contribution is 0.0640. The normalized spacial score (nSPS) is 13.0. The van der Waals surface area contributed by atoms with Gasteiger partial charge in [0.05, 0.1) is 5.60 Å². The predicted molar refractivity (Wildman–Crippen MR) is 63.2 cm³/mol. The number of likely N-dealkylation sites (N-methyl/N-ethyl adjacent to an activating group) is 1. The van der Waals surface area contributed by atoms with Gasteiger partial charge in [-0.05, 0) is 13.8 Å². The molecule has 0 spiro atoms. The van der Waals surface area contributed by atoms with Crippen LogP contribution < -0.4 is 5.43 Å². The fourth-order valence-electron chi connectivity index (χ4n) is 1.40. The first kappa shape index (κ1) is 13.9. The molecule has 0 aliphatic carbocycles. The van der Waals surface area contributed by atoms with E-state index in [0.717, 1.165) is 16.6 Å². The van der Waals surface area contributed by atoms with Crippen molar-refractivity contribution in [1.29, 1.82) is 0 Å². The van der Waals surface area contributed by atoms with Gasteiger partial charge in [0.2, 0.25) is 15.5 Å². The lowest BCUT2D eigenvalue weighted by atomic mass is 10.1. The Morgan fingerprint density at radius 1 is 1.47 bits per heavy atom. The summed E-state index contributed by atoms with van der Waals surface area (Å²) in [6.45, 7) is 2.89. The summed E-state index contributed by atoms with van der Waals surface area (Å²) in [5.41, 5.74) is -1.74. The molecule has 7 heteroatoms. The average Bonchev–Trinajstić information content (AvgIpc) is 2.15. The van der Waals surface area contributed by atoms with Gasteiger partial charge in [-0.15, -0.1) is 0 Å². The van der Waals surface area contributed by atoms with Gasteiger partial charge in [0.1, 0.15) is 4.90 Å². The van der Waals surface area contributed by atoms with E-state index in [-0.39, 0.29) is 11.4 Å². The van der Waals surface area contributed by atoms with Crippen molar-refractivity contribution in [3.8, 4) is 0 Å². The van der Waals surface area contributed by atoms with Crippen LogP contribution in [0.15, 0.2) is 28.2 Å². The molecular weight excluding hydrogens is 244 g/mol. The van der Waals surface area contributed by atoms with Crippen molar-refractivity contribution in [2.45, 2.75) is 24.3 Å². The van der Waals surface area contributed by atoms with Gasteiger partial charge in [-0.25, -0.2) is 8.42 Å². The van der Waals surface area contributed by atoms with Gasteiger partial charge in [-0.1, -0.05) is 0 Å². The van der Waals surface area contributed by atoms with E-state index in [9.17, 15) is 18.3 Å². The number of sulfonamides is 1. The van der Waals surface area contributed by atoms with E-state index in [1.807, 2.05) is 0 Å². The molecule has 1 aromatic rings. The first-order valence-corrected chi connectivity index (χ1v) is 6.44. The second-order valence-electron chi connectivity index (χ2n) is 4.45. The van der Waals surface area contributed by atoms with Crippen LogP contribution in [0.25, 0.3) is 0 Å². The van der Waals surface area contributed by atoms with E-state index in [4.69, 9.17) is 0 Å². The van der Waals surface area contributed by atoms with Crippen LogP contribution in [0.4, 0.5) is 0 Å².